The van der Waals surface area contributed by atoms with E-state index in [0.717, 1.165) is 3.57 Å². The molecule has 0 heterocycles. The molecule has 0 bridgehead atoms. The Morgan fingerprint density at radius 1 is 1.50 bits per heavy atom. The molecule has 1 aromatic carbocycles. The molecule has 1 amide bonds. The zero-order valence-corrected chi connectivity index (χ0v) is 15.0. The number of amides is 1. The van der Waals surface area contributed by atoms with Crippen molar-refractivity contribution in [2.75, 3.05) is 0 Å². The van der Waals surface area contributed by atoms with Gasteiger partial charge in [0, 0.05) is 8.04 Å². The summed E-state index contributed by atoms with van der Waals surface area (Å²) < 4.78 is 1.66. The molecule has 5 nitrogen and oxygen atoms in total. The van der Waals surface area contributed by atoms with Crippen molar-refractivity contribution in [3.05, 3.63) is 31.8 Å². The monoisotopic (exact) mass is 453 g/mol. The molecule has 0 spiro atoms. The number of halogens is 2. The predicted octanol–water partition coefficient (Wildman–Crippen LogP) is 3.09. The minimum Gasteiger partial charge on any atom is -0.409 e. The van der Waals surface area contributed by atoms with Crippen LogP contribution in [0.1, 0.15) is 37.0 Å². The van der Waals surface area contributed by atoms with Crippen molar-refractivity contribution >= 4 is 50.3 Å². The molecule has 1 aromatic rings. The molecule has 0 aliphatic carbocycles. The molecule has 0 fully saturated rings. The van der Waals surface area contributed by atoms with E-state index in [9.17, 15) is 4.79 Å². The highest BCUT2D eigenvalue weighted by molar-refractivity contribution is 14.1. The Bertz CT molecular complexity index is 530. The van der Waals surface area contributed by atoms with Crippen LogP contribution in [0.2, 0.25) is 0 Å². The second kappa shape index (κ2) is 7.26. The van der Waals surface area contributed by atoms with Gasteiger partial charge in [0.1, 0.15) is 5.54 Å². The van der Waals surface area contributed by atoms with Crippen molar-refractivity contribution in [3.63, 3.8) is 0 Å². The van der Waals surface area contributed by atoms with Gasteiger partial charge >= 0.3 is 0 Å². The second-order valence-electron chi connectivity index (χ2n) is 4.35. The Labute approximate surface area is 140 Å². The Balaban J connectivity index is 3.12. The topological polar surface area (TPSA) is 87.7 Å². The van der Waals surface area contributed by atoms with Crippen LogP contribution in [0.15, 0.2) is 27.8 Å². The van der Waals surface area contributed by atoms with Gasteiger partial charge in [-0.15, -0.1) is 0 Å². The van der Waals surface area contributed by atoms with Crippen molar-refractivity contribution < 1.29 is 10.0 Å². The van der Waals surface area contributed by atoms with E-state index in [1.807, 2.05) is 26.0 Å². The average molecular weight is 454 g/mol. The molecule has 0 saturated heterocycles. The maximum Gasteiger partial charge on any atom is 0.253 e. The number of hydrogen-bond donors (Lipinski definition) is 3. The van der Waals surface area contributed by atoms with E-state index < -0.39 is 5.54 Å². The molecule has 0 saturated carbocycles. The van der Waals surface area contributed by atoms with Crippen molar-refractivity contribution in [3.8, 4) is 0 Å². The summed E-state index contributed by atoms with van der Waals surface area (Å²) >= 11 is 5.50. The lowest BCUT2D eigenvalue weighted by Gasteiger charge is -2.31. The van der Waals surface area contributed by atoms with E-state index in [0.29, 0.717) is 22.9 Å². The van der Waals surface area contributed by atoms with Crippen LogP contribution < -0.4 is 11.1 Å². The lowest BCUT2D eigenvalue weighted by atomic mass is 9.91. The number of carbonyl (C=O) groups excluding carboxylic acids is 1. The van der Waals surface area contributed by atoms with E-state index in [1.165, 1.54) is 0 Å². The van der Waals surface area contributed by atoms with Gasteiger partial charge in [0.15, 0.2) is 5.84 Å². The molecule has 0 unspecified atom stereocenters. The summed E-state index contributed by atoms with van der Waals surface area (Å²) in [6.07, 6.45) is 1.07. The molecule has 0 aliphatic rings. The third-order valence-electron chi connectivity index (χ3n) is 3.33. The van der Waals surface area contributed by atoms with Crippen molar-refractivity contribution in [2.45, 2.75) is 32.2 Å². The van der Waals surface area contributed by atoms with Gasteiger partial charge in [0.2, 0.25) is 0 Å². The maximum absolute atomic E-state index is 12.4. The summed E-state index contributed by atoms with van der Waals surface area (Å²) in [6.45, 7) is 3.76. The molecular weight excluding hydrogens is 437 g/mol. The Morgan fingerprint density at radius 2 is 2.10 bits per heavy atom. The van der Waals surface area contributed by atoms with Gasteiger partial charge in [-0.05, 0) is 69.6 Å². The van der Waals surface area contributed by atoms with E-state index in [4.69, 9.17) is 10.9 Å². The number of hydrogen-bond acceptors (Lipinski definition) is 3. The zero-order valence-electron chi connectivity index (χ0n) is 11.3. The van der Waals surface area contributed by atoms with Gasteiger partial charge in [0.25, 0.3) is 5.91 Å². The Morgan fingerprint density at radius 3 is 2.60 bits per heavy atom. The van der Waals surface area contributed by atoms with Crippen LogP contribution in [0, 0.1) is 3.57 Å². The summed E-state index contributed by atoms with van der Waals surface area (Å²) in [5.41, 5.74) is 5.42. The molecule has 20 heavy (non-hydrogen) atoms. The number of rotatable bonds is 5. The molecule has 0 aliphatic heterocycles. The number of oxime groups is 1. The first-order chi connectivity index (χ1) is 9.40. The standard InChI is InChI=1S/C13H17BrIN3O2/c1-3-13(4-2,12(16)18-20)17-11(19)9-7-8(15)5-6-10(9)14/h5-7,20H,3-4H2,1-2H3,(H2,16,18)(H,17,19). The third kappa shape index (κ3) is 3.63. The van der Waals surface area contributed by atoms with Gasteiger partial charge in [-0.1, -0.05) is 19.0 Å². The zero-order chi connectivity index (χ0) is 15.3. The molecule has 0 aromatic heterocycles. The van der Waals surface area contributed by atoms with Crippen LogP contribution in [0.5, 0.6) is 0 Å². The summed E-state index contributed by atoms with van der Waals surface area (Å²) in [6, 6.07) is 5.50. The van der Waals surface area contributed by atoms with E-state index in [-0.39, 0.29) is 11.7 Å². The van der Waals surface area contributed by atoms with Crippen LogP contribution in [0.25, 0.3) is 0 Å². The number of amidine groups is 1. The number of nitrogens with two attached hydrogens (primary N) is 1. The lowest BCUT2D eigenvalue weighted by Crippen LogP contribution is -2.56. The molecular formula is C13H17BrIN3O2. The number of benzene rings is 1. The van der Waals surface area contributed by atoms with Crippen molar-refractivity contribution in [2.24, 2.45) is 10.9 Å². The SMILES string of the molecule is CCC(CC)(NC(=O)c1cc(I)ccc1Br)/C(N)=N/O. The summed E-state index contributed by atoms with van der Waals surface area (Å²) in [7, 11) is 0. The Hall–Kier alpha value is -0.830. The van der Waals surface area contributed by atoms with Gasteiger partial charge in [-0.3, -0.25) is 4.79 Å². The normalized spacial score (nSPS) is 12.3. The van der Waals surface area contributed by atoms with E-state index in [2.05, 4.69) is 49.0 Å². The molecule has 7 heteroatoms. The average Bonchev–Trinajstić information content (AvgIpc) is 2.46. The quantitative estimate of drug-likeness (QED) is 0.210. The van der Waals surface area contributed by atoms with Gasteiger partial charge in [0.05, 0.1) is 5.56 Å². The summed E-state index contributed by atoms with van der Waals surface area (Å²) in [4.78, 5) is 12.4. The number of nitrogens with one attached hydrogen (secondary N) is 1. The first-order valence-corrected chi connectivity index (χ1v) is 8.03. The van der Waals surface area contributed by atoms with E-state index in [1.54, 1.807) is 6.07 Å². The minimum atomic E-state index is -0.841. The van der Waals surface area contributed by atoms with Gasteiger partial charge in [-0.25, -0.2) is 0 Å². The molecule has 1 rings (SSSR count). The van der Waals surface area contributed by atoms with Crippen LogP contribution in [-0.2, 0) is 0 Å². The summed E-state index contributed by atoms with van der Waals surface area (Å²) in [5.74, 6) is -0.247. The molecule has 0 radical (unpaired) electrons. The fourth-order valence-electron chi connectivity index (χ4n) is 1.90. The molecule has 0 atom stereocenters. The van der Waals surface area contributed by atoms with Crippen molar-refractivity contribution in [1.29, 1.82) is 0 Å². The highest BCUT2D eigenvalue weighted by atomic mass is 127. The Kier molecular flexibility index (Phi) is 6.25. The van der Waals surface area contributed by atoms with Crippen LogP contribution in [0.4, 0.5) is 0 Å². The number of carbonyl (C=O) groups is 1. The first-order valence-electron chi connectivity index (χ1n) is 6.15. The molecule has 4 N–H and O–H groups in total. The van der Waals surface area contributed by atoms with Crippen LogP contribution in [0.3, 0.4) is 0 Å². The van der Waals surface area contributed by atoms with Gasteiger partial charge in [-0.2, -0.15) is 0 Å². The predicted molar refractivity (Wildman–Crippen MR) is 91.0 cm³/mol. The minimum absolute atomic E-state index is 0.0117. The fourth-order valence-corrected chi connectivity index (χ4v) is 2.82. The molecule has 110 valence electrons. The number of nitrogens with zero attached hydrogens (tertiary/aromatic N) is 1. The fraction of sp³-hybridized carbons (Fsp3) is 0.385. The lowest BCUT2D eigenvalue weighted by molar-refractivity contribution is 0.0917. The van der Waals surface area contributed by atoms with E-state index >= 15 is 0 Å². The summed E-state index contributed by atoms with van der Waals surface area (Å²) in [5, 5.41) is 14.8. The highest BCUT2D eigenvalue weighted by Gasteiger charge is 2.33. The highest BCUT2D eigenvalue weighted by Crippen LogP contribution is 2.22. The largest absolute Gasteiger partial charge is 0.409 e. The second-order valence-corrected chi connectivity index (χ2v) is 6.45. The third-order valence-corrected chi connectivity index (χ3v) is 4.69. The van der Waals surface area contributed by atoms with Crippen molar-refractivity contribution in [1.82, 2.24) is 5.32 Å². The van der Waals surface area contributed by atoms with Crippen LogP contribution in [-0.4, -0.2) is 22.5 Å². The first kappa shape index (κ1) is 17.2. The smallest absolute Gasteiger partial charge is 0.253 e. The maximum atomic E-state index is 12.4. The van der Waals surface area contributed by atoms with Gasteiger partial charge < -0.3 is 16.3 Å². The van der Waals surface area contributed by atoms with Crippen LogP contribution >= 0.6 is 38.5 Å².